The Morgan fingerprint density at radius 3 is 2.05 bits per heavy atom. The van der Waals surface area contributed by atoms with E-state index in [-0.39, 0.29) is 24.0 Å². The lowest BCUT2D eigenvalue weighted by Gasteiger charge is -2.33. The zero-order chi connectivity index (χ0) is 17.1. The Labute approximate surface area is 131 Å². The zero-order valence-electron chi connectivity index (χ0n) is 14.0. The van der Waals surface area contributed by atoms with Crippen molar-refractivity contribution in [2.45, 2.75) is 66.7 Å². The fourth-order valence-electron chi connectivity index (χ4n) is 2.85. The van der Waals surface area contributed by atoms with Gasteiger partial charge in [0.15, 0.2) is 0 Å². The lowest BCUT2D eigenvalue weighted by atomic mass is 9.72. The SMILES string of the molecule is CCC(=O)CC(C)(C)CC(C)(C)C(=O)ON1C(=O)CCC1=O. The number of amides is 2. The summed E-state index contributed by atoms with van der Waals surface area (Å²) >= 11 is 0. The summed E-state index contributed by atoms with van der Waals surface area (Å²) in [6.07, 6.45) is 1.40. The van der Waals surface area contributed by atoms with Crippen molar-refractivity contribution in [1.29, 1.82) is 0 Å². The van der Waals surface area contributed by atoms with Crippen LogP contribution in [0.3, 0.4) is 0 Å². The molecule has 0 aliphatic carbocycles. The third-order valence-corrected chi connectivity index (χ3v) is 3.72. The highest BCUT2D eigenvalue weighted by Crippen LogP contribution is 2.37. The Balaban J connectivity index is 2.72. The molecule has 6 heteroatoms. The van der Waals surface area contributed by atoms with E-state index in [0.717, 1.165) is 0 Å². The van der Waals surface area contributed by atoms with Crippen molar-refractivity contribution in [3.8, 4) is 0 Å². The van der Waals surface area contributed by atoms with Gasteiger partial charge in [0.05, 0.1) is 5.41 Å². The van der Waals surface area contributed by atoms with Crippen molar-refractivity contribution in [3.63, 3.8) is 0 Å². The molecule has 0 aromatic rings. The van der Waals surface area contributed by atoms with E-state index >= 15 is 0 Å². The van der Waals surface area contributed by atoms with Crippen LogP contribution >= 0.6 is 0 Å². The van der Waals surface area contributed by atoms with Gasteiger partial charge < -0.3 is 4.84 Å². The van der Waals surface area contributed by atoms with Gasteiger partial charge in [-0.2, -0.15) is 0 Å². The normalized spacial score (nSPS) is 16.1. The number of nitrogens with zero attached hydrogens (tertiary/aromatic N) is 1. The summed E-state index contributed by atoms with van der Waals surface area (Å²) in [4.78, 5) is 51.9. The molecular weight excluding hydrogens is 286 g/mol. The number of carbonyl (C=O) groups excluding carboxylic acids is 4. The van der Waals surface area contributed by atoms with E-state index in [9.17, 15) is 19.2 Å². The number of carbonyl (C=O) groups is 4. The molecule has 0 aromatic carbocycles. The molecule has 0 N–H and O–H groups in total. The van der Waals surface area contributed by atoms with Gasteiger partial charge >= 0.3 is 5.97 Å². The average molecular weight is 311 g/mol. The smallest absolute Gasteiger partial charge is 0.330 e. The third kappa shape index (κ3) is 4.64. The highest BCUT2D eigenvalue weighted by atomic mass is 16.7. The molecule has 1 saturated heterocycles. The summed E-state index contributed by atoms with van der Waals surface area (Å²) in [5, 5.41) is 0.564. The Hall–Kier alpha value is -1.72. The average Bonchev–Trinajstić information content (AvgIpc) is 2.68. The number of hydrogen-bond acceptors (Lipinski definition) is 5. The molecule has 0 bridgehead atoms. The molecule has 1 rings (SSSR count). The minimum atomic E-state index is -0.902. The van der Waals surface area contributed by atoms with Crippen molar-refractivity contribution in [2.75, 3.05) is 0 Å². The van der Waals surface area contributed by atoms with Gasteiger partial charge in [0.25, 0.3) is 11.8 Å². The first-order valence-electron chi connectivity index (χ1n) is 7.58. The first kappa shape index (κ1) is 18.3. The molecule has 1 aliphatic rings. The molecule has 1 fully saturated rings. The van der Waals surface area contributed by atoms with E-state index in [1.165, 1.54) is 0 Å². The fraction of sp³-hybridized carbons (Fsp3) is 0.750. The molecular formula is C16H25NO5. The van der Waals surface area contributed by atoms with Crippen LogP contribution in [0.4, 0.5) is 0 Å². The molecule has 0 unspecified atom stereocenters. The number of ketones is 1. The fourth-order valence-corrected chi connectivity index (χ4v) is 2.85. The van der Waals surface area contributed by atoms with E-state index in [1.54, 1.807) is 13.8 Å². The quantitative estimate of drug-likeness (QED) is 0.674. The lowest BCUT2D eigenvalue weighted by molar-refractivity contribution is -0.205. The predicted octanol–water partition coefficient (Wildman–Crippen LogP) is 2.41. The number of rotatable bonds is 7. The number of hydrogen-bond donors (Lipinski definition) is 0. The maximum absolute atomic E-state index is 12.3. The molecule has 0 spiro atoms. The van der Waals surface area contributed by atoms with Crippen LogP contribution in [-0.2, 0) is 24.0 Å². The van der Waals surface area contributed by atoms with E-state index < -0.39 is 23.2 Å². The second-order valence-corrected chi connectivity index (χ2v) is 7.25. The van der Waals surface area contributed by atoms with Crippen molar-refractivity contribution in [1.82, 2.24) is 5.06 Å². The van der Waals surface area contributed by atoms with Gasteiger partial charge in [-0.15, -0.1) is 5.06 Å². The monoisotopic (exact) mass is 311 g/mol. The second kappa shape index (κ2) is 6.58. The molecule has 124 valence electrons. The van der Waals surface area contributed by atoms with Gasteiger partial charge in [-0.3, -0.25) is 14.4 Å². The van der Waals surface area contributed by atoms with Crippen molar-refractivity contribution in [2.24, 2.45) is 10.8 Å². The minimum absolute atomic E-state index is 0.0725. The summed E-state index contributed by atoms with van der Waals surface area (Å²) in [6.45, 7) is 9.03. The van der Waals surface area contributed by atoms with Crippen LogP contribution in [0.1, 0.15) is 66.7 Å². The van der Waals surface area contributed by atoms with E-state index in [0.29, 0.717) is 24.3 Å². The van der Waals surface area contributed by atoms with E-state index in [2.05, 4.69) is 0 Å². The standard InChI is InChI=1S/C16H25NO5/c1-6-11(18)9-15(2,3)10-16(4,5)14(21)22-17-12(19)7-8-13(17)20/h6-10H2,1-5H3. The molecule has 0 radical (unpaired) electrons. The Bertz CT molecular complexity index is 477. The Kier molecular flexibility index (Phi) is 5.49. The summed E-state index contributed by atoms with van der Waals surface area (Å²) in [5.41, 5.74) is -1.27. The van der Waals surface area contributed by atoms with Crippen molar-refractivity contribution >= 4 is 23.6 Å². The molecule has 2 amide bonds. The molecule has 1 heterocycles. The van der Waals surface area contributed by atoms with Gasteiger partial charge in [-0.05, 0) is 25.7 Å². The third-order valence-electron chi connectivity index (χ3n) is 3.72. The predicted molar refractivity (Wildman–Crippen MR) is 79.3 cm³/mol. The zero-order valence-corrected chi connectivity index (χ0v) is 14.0. The van der Waals surface area contributed by atoms with Gasteiger partial charge in [-0.25, -0.2) is 4.79 Å². The Morgan fingerprint density at radius 1 is 1.09 bits per heavy atom. The van der Waals surface area contributed by atoms with Gasteiger partial charge in [-0.1, -0.05) is 20.8 Å². The highest BCUT2D eigenvalue weighted by molar-refractivity contribution is 6.01. The van der Waals surface area contributed by atoms with Gasteiger partial charge in [0.2, 0.25) is 0 Å². The first-order valence-corrected chi connectivity index (χ1v) is 7.58. The van der Waals surface area contributed by atoms with E-state index in [4.69, 9.17) is 4.84 Å². The maximum Gasteiger partial charge on any atom is 0.338 e. The van der Waals surface area contributed by atoms with Crippen molar-refractivity contribution in [3.05, 3.63) is 0 Å². The summed E-state index contributed by atoms with van der Waals surface area (Å²) in [5.74, 6) is -1.48. The highest BCUT2D eigenvalue weighted by Gasteiger charge is 2.41. The largest absolute Gasteiger partial charge is 0.338 e. The molecule has 6 nitrogen and oxygen atoms in total. The van der Waals surface area contributed by atoms with Crippen LogP contribution in [0, 0.1) is 10.8 Å². The van der Waals surface area contributed by atoms with Crippen molar-refractivity contribution < 1.29 is 24.0 Å². The summed E-state index contributed by atoms with van der Waals surface area (Å²) < 4.78 is 0. The van der Waals surface area contributed by atoms with Crippen LogP contribution in [0.15, 0.2) is 0 Å². The number of imide groups is 1. The minimum Gasteiger partial charge on any atom is -0.330 e. The number of hydroxylamine groups is 2. The second-order valence-electron chi connectivity index (χ2n) is 7.25. The van der Waals surface area contributed by atoms with Crippen LogP contribution in [0.5, 0.6) is 0 Å². The topological polar surface area (TPSA) is 80.8 Å². The molecule has 0 aromatic heterocycles. The van der Waals surface area contributed by atoms with Crippen LogP contribution in [0.25, 0.3) is 0 Å². The van der Waals surface area contributed by atoms with Crippen LogP contribution < -0.4 is 0 Å². The summed E-state index contributed by atoms with van der Waals surface area (Å²) in [6, 6.07) is 0. The van der Waals surface area contributed by atoms with Crippen LogP contribution in [0.2, 0.25) is 0 Å². The first-order chi connectivity index (χ1) is 9.98. The molecule has 1 aliphatic heterocycles. The Morgan fingerprint density at radius 2 is 1.59 bits per heavy atom. The molecule has 0 atom stereocenters. The number of Topliss-reactive ketones (excluding diaryl/α,β-unsaturated/α-hetero) is 1. The lowest BCUT2D eigenvalue weighted by Crippen LogP contribution is -2.40. The molecule has 22 heavy (non-hydrogen) atoms. The van der Waals surface area contributed by atoms with Gasteiger partial charge in [0, 0.05) is 25.7 Å². The van der Waals surface area contributed by atoms with E-state index in [1.807, 2.05) is 20.8 Å². The van der Waals surface area contributed by atoms with Gasteiger partial charge in [0.1, 0.15) is 5.78 Å². The summed E-state index contributed by atoms with van der Waals surface area (Å²) in [7, 11) is 0. The van der Waals surface area contributed by atoms with Crippen LogP contribution in [-0.4, -0.2) is 28.6 Å². The maximum atomic E-state index is 12.3. The molecule has 0 saturated carbocycles.